The summed E-state index contributed by atoms with van der Waals surface area (Å²) in [4.78, 5) is 10.9. The second-order valence-electron chi connectivity index (χ2n) is 3.04. The molecular formula is C10H15N3O2. The third kappa shape index (κ3) is 3.14. The highest BCUT2D eigenvalue weighted by Gasteiger charge is 2.04. The first kappa shape index (κ1) is 11.3. The summed E-state index contributed by atoms with van der Waals surface area (Å²) in [6.45, 7) is 0.366. The molecule has 1 aromatic rings. The molecule has 5 heteroatoms. The molecule has 0 saturated heterocycles. The molecule has 0 aliphatic heterocycles. The summed E-state index contributed by atoms with van der Waals surface area (Å²) in [7, 11) is 1.55. The Morgan fingerprint density at radius 1 is 1.53 bits per heavy atom. The predicted octanol–water partition coefficient (Wildman–Crippen LogP) is -0.148. The van der Waals surface area contributed by atoms with Gasteiger partial charge in [0.15, 0.2) is 6.61 Å². The summed E-state index contributed by atoms with van der Waals surface area (Å²) in [6.07, 6.45) is 0. The molecule has 0 radical (unpaired) electrons. The number of hydrogen-bond donors (Lipinski definition) is 3. The Morgan fingerprint density at radius 3 is 2.87 bits per heavy atom. The monoisotopic (exact) mass is 209 g/mol. The third-order valence-corrected chi connectivity index (χ3v) is 1.95. The van der Waals surface area contributed by atoms with E-state index < -0.39 is 0 Å². The van der Waals surface area contributed by atoms with Crippen LogP contribution < -0.4 is 21.5 Å². The van der Waals surface area contributed by atoms with Crippen LogP contribution in [0.1, 0.15) is 5.56 Å². The van der Waals surface area contributed by atoms with Gasteiger partial charge in [0.2, 0.25) is 0 Å². The second kappa shape index (κ2) is 5.21. The van der Waals surface area contributed by atoms with Crippen molar-refractivity contribution in [2.45, 2.75) is 6.54 Å². The van der Waals surface area contributed by atoms with E-state index in [2.05, 4.69) is 5.32 Å². The molecule has 0 aromatic heterocycles. The van der Waals surface area contributed by atoms with Crippen molar-refractivity contribution in [3.63, 3.8) is 0 Å². The van der Waals surface area contributed by atoms with Crippen LogP contribution in [0.3, 0.4) is 0 Å². The minimum absolute atomic E-state index is 0.0469. The lowest BCUT2D eigenvalue weighted by molar-refractivity contribution is -0.122. The number of nitrogens with two attached hydrogens (primary N) is 2. The van der Waals surface area contributed by atoms with E-state index in [9.17, 15) is 4.79 Å². The van der Waals surface area contributed by atoms with Crippen molar-refractivity contribution >= 4 is 11.6 Å². The number of rotatable bonds is 4. The number of nitrogen functional groups attached to an aromatic ring is 1. The molecule has 1 rings (SSSR count). The largest absolute Gasteiger partial charge is 0.482 e. The summed E-state index contributed by atoms with van der Waals surface area (Å²) >= 11 is 0. The van der Waals surface area contributed by atoms with E-state index in [1.54, 1.807) is 19.2 Å². The van der Waals surface area contributed by atoms with Crippen LogP contribution in [-0.2, 0) is 11.3 Å². The fourth-order valence-corrected chi connectivity index (χ4v) is 1.05. The number of hydrogen-bond acceptors (Lipinski definition) is 4. The maximum absolute atomic E-state index is 10.9. The van der Waals surface area contributed by atoms with Crippen LogP contribution >= 0.6 is 0 Å². The number of nitrogens with one attached hydrogen (secondary N) is 1. The lowest BCUT2D eigenvalue weighted by Crippen LogP contribution is -2.25. The van der Waals surface area contributed by atoms with Crippen LogP contribution in [0.5, 0.6) is 5.75 Å². The molecule has 5 nitrogen and oxygen atoms in total. The van der Waals surface area contributed by atoms with Gasteiger partial charge in [0.05, 0.1) is 5.69 Å². The first-order chi connectivity index (χ1) is 7.17. The van der Waals surface area contributed by atoms with Crippen molar-refractivity contribution in [2.24, 2.45) is 5.73 Å². The van der Waals surface area contributed by atoms with Crippen molar-refractivity contribution in [3.05, 3.63) is 23.8 Å². The topological polar surface area (TPSA) is 90.4 Å². The Morgan fingerprint density at radius 2 is 2.27 bits per heavy atom. The van der Waals surface area contributed by atoms with Crippen LogP contribution in [0.2, 0.25) is 0 Å². The molecule has 1 aromatic carbocycles. The van der Waals surface area contributed by atoms with Gasteiger partial charge < -0.3 is 21.5 Å². The molecule has 15 heavy (non-hydrogen) atoms. The smallest absolute Gasteiger partial charge is 0.257 e. The Balaban J connectivity index is 2.70. The average molecular weight is 209 g/mol. The quantitative estimate of drug-likeness (QED) is 0.602. The molecule has 5 N–H and O–H groups in total. The van der Waals surface area contributed by atoms with Crippen LogP contribution in [0.15, 0.2) is 18.2 Å². The Kier molecular flexibility index (Phi) is 3.93. The van der Waals surface area contributed by atoms with E-state index in [0.717, 1.165) is 5.56 Å². The first-order valence-corrected chi connectivity index (χ1v) is 4.59. The standard InChI is InChI=1S/C10H15N3O2/c1-13-10(14)6-15-9-4-7(5-11)2-3-8(9)12/h2-4H,5-6,11-12H2,1H3,(H,13,14). The number of ether oxygens (including phenoxy) is 1. The SMILES string of the molecule is CNC(=O)COc1cc(CN)ccc1N. The maximum Gasteiger partial charge on any atom is 0.257 e. The lowest BCUT2D eigenvalue weighted by atomic mass is 10.2. The summed E-state index contributed by atoms with van der Waals surface area (Å²) in [6, 6.07) is 5.27. The van der Waals surface area contributed by atoms with Crippen molar-refractivity contribution in [1.29, 1.82) is 0 Å². The Labute approximate surface area is 88.4 Å². The van der Waals surface area contributed by atoms with E-state index in [1.807, 2.05) is 6.07 Å². The van der Waals surface area contributed by atoms with Gasteiger partial charge in [-0.25, -0.2) is 0 Å². The Bertz CT molecular complexity index is 353. The van der Waals surface area contributed by atoms with Gasteiger partial charge in [-0.15, -0.1) is 0 Å². The van der Waals surface area contributed by atoms with Crippen molar-refractivity contribution in [3.8, 4) is 5.75 Å². The van der Waals surface area contributed by atoms with Crippen LogP contribution in [0.4, 0.5) is 5.69 Å². The highest BCUT2D eigenvalue weighted by atomic mass is 16.5. The molecule has 0 saturated carbocycles. The molecule has 0 atom stereocenters. The van der Waals surface area contributed by atoms with E-state index in [4.69, 9.17) is 16.2 Å². The molecule has 82 valence electrons. The highest BCUT2D eigenvalue weighted by molar-refractivity contribution is 5.77. The third-order valence-electron chi connectivity index (χ3n) is 1.95. The zero-order valence-electron chi connectivity index (χ0n) is 8.62. The van der Waals surface area contributed by atoms with Crippen LogP contribution in [-0.4, -0.2) is 19.6 Å². The molecule has 0 unspecified atom stereocenters. The van der Waals surface area contributed by atoms with Crippen LogP contribution in [0, 0.1) is 0 Å². The minimum Gasteiger partial charge on any atom is -0.482 e. The molecule has 0 aliphatic rings. The second-order valence-corrected chi connectivity index (χ2v) is 3.04. The predicted molar refractivity (Wildman–Crippen MR) is 58.3 cm³/mol. The van der Waals surface area contributed by atoms with Gasteiger partial charge in [-0.1, -0.05) is 6.07 Å². The van der Waals surface area contributed by atoms with Crippen molar-refractivity contribution in [2.75, 3.05) is 19.4 Å². The molecule has 0 aliphatic carbocycles. The van der Waals surface area contributed by atoms with Gasteiger partial charge in [0, 0.05) is 13.6 Å². The molecule has 0 bridgehead atoms. The molecule has 0 heterocycles. The fraction of sp³-hybridized carbons (Fsp3) is 0.300. The molecule has 1 amide bonds. The van der Waals surface area contributed by atoms with Gasteiger partial charge in [-0.2, -0.15) is 0 Å². The number of amides is 1. The van der Waals surface area contributed by atoms with Crippen molar-refractivity contribution < 1.29 is 9.53 Å². The van der Waals surface area contributed by atoms with E-state index >= 15 is 0 Å². The summed E-state index contributed by atoms with van der Waals surface area (Å²) < 4.78 is 5.24. The van der Waals surface area contributed by atoms with Gasteiger partial charge in [-0.05, 0) is 17.7 Å². The van der Waals surface area contributed by atoms with Crippen LogP contribution in [0.25, 0.3) is 0 Å². The van der Waals surface area contributed by atoms with Gasteiger partial charge >= 0.3 is 0 Å². The number of benzene rings is 1. The number of carbonyl (C=O) groups is 1. The summed E-state index contributed by atoms with van der Waals surface area (Å²) in [5.74, 6) is 0.286. The minimum atomic E-state index is -0.201. The molecular weight excluding hydrogens is 194 g/mol. The first-order valence-electron chi connectivity index (χ1n) is 4.59. The Hall–Kier alpha value is -1.75. The zero-order chi connectivity index (χ0) is 11.3. The number of anilines is 1. The molecule has 0 fully saturated rings. The van der Waals surface area contributed by atoms with E-state index in [1.165, 1.54) is 0 Å². The fourth-order valence-electron chi connectivity index (χ4n) is 1.05. The van der Waals surface area contributed by atoms with E-state index in [0.29, 0.717) is 18.0 Å². The highest BCUT2D eigenvalue weighted by Crippen LogP contribution is 2.22. The number of carbonyl (C=O) groups excluding carboxylic acids is 1. The van der Waals surface area contributed by atoms with E-state index in [-0.39, 0.29) is 12.5 Å². The van der Waals surface area contributed by atoms with Crippen molar-refractivity contribution in [1.82, 2.24) is 5.32 Å². The summed E-state index contributed by atoms with van der Waals surface area (Å²) in [5, 5.41) is 2.45. The average Bonchev–Trinajstić information content (AvgIpc) is 2.27. The maximum atomic E-state index is 10.9. The molecule has 0 spiro atoms. The van der Waals surface area contributed by atoms with Gasteiger partial charge in [0.25, 0.3) is 5.91 Å². The summed E-state index contributed by atoms with van der Waals surface area (Å²) in [5.41, 5.74) is 12.6. The number of likely N-dealkylation sites (N-methyl/N-ethyl adjacent to an activating group) is 1. The normalized spacial score (nSPS) is 9.73. The van der Waals surface area contributed by atoms with Gasteiger partial charge in [0.1, 0.15) is 5.75 Å². The zero-order valence-corrected chi connectivity index (χ0v) is 8.62. The van der Waals surface area contributed by atoms with Gasteiger partial charge in [-0.3, -0.25) is 4.79 Å². The lowest BCUT2D eigenvalue weighted by Gasteiger charge is -2.09.